The highest BCUT2D eigenvalue weighted by atomic mass is 32.1. The predicted octanol–water partition coefficient (Wildman–Crippen LogP) is -0.717. The minimum absolute atomic E-state index is 0.0329. The van der Waals surface area contributed by atoms with Crippen molar-refractivity contribution in [3.05, 3.63) is 119 Å². The minimum atomic E-state index is -1.31. The number of aliphatic hydroxyl groups excluding tert-OH is 7. The van der Waals surface area contributed by atoms with Crippen molar-refractivity contribution in [3.8, 4) is 0 Å². The van der Waals surface area contributed by atoms with Crippen molar-refractivity contribution in [2.75, 3.05) is 113 Å². The minimum Gasteiger partial charge on any atom is -0.469 e. The number of ether oxygens (including phenoxy) is 7. The summed E-state index contributed by atoms with van der Waals surface area (Å²) in [7, 11) is 7.26. The molecule has 0 aliphatic carbocycles. The lowest BCUT2D eigenvalue weighted by Gasteiger charge is -2.20. The van der Waals surface area contributed by atoms with E-state index in [1.165, 1.54) is 49.1 Å². The number of hydrogen-bond donors (Lipinski definition) is 13. The summed E-state index contributed by atoms with van der Waals surface area (Å²) in [6.07, 6.45) is 12.8. The van der Waals surface area contributed by atoms with Crippen LogP contribution in [-0.2, 0) is 68.7 Å². The van der Waals surface area contributed by atoms with Crippen LogP contribution in [0.1, 0.15) is 72.8 Å². The SMILES string of the molecule is C=P(C)(C)CC[C@H]1O[C@@H](n2cc(CC(=O)OC)c(=O)[nH]c2=O)[C@H](OC)[C@@H]1O.C=P(C)(C)CC[C@H]1O[C@@H](n2cc(CC(=O)OC)c(=O)[nH]c2=S)[C@H](O)[C@@H]1O.C=P(C)(C)CC[C@H]1O[C@@H](n2cc(CNC)c(=O)[nH]c2=O)[C@H](O)[C@@H]1O.C=P(C)(C)CC[C@H]1O[C@@H](n2cc(CNC)c(=O)[nH]c2=S)[C@H](O)[C@@H]1O. The molecule has 0 radical (unpaired) electrons. The molecule has 4 fully saturated rings. The third kappa shape index (κ3) is 24.6. The van der Waals surface area contributed by atoms with Crippen LogP contribution >= 0.6 is 52.0 Å². The lowest BCUT2D eigenvalue weighted by atomic mass is 10.1. The predicted molar refractivity (Wildman–Crippen MR) is 401 cm³/mol. The summed E-state index contributed by atoms with van der Waals surface area (Å²) in [4.78, 5) is 104. The Morgan fingerprint density at radius 2 is 0.713 bits per heavy atom. The molecule has 0 bridgehead atoms. The normalized spacial score (nSPS) is 26.6. The number of carbonyl (C=O) groups is 2. The van der Waals surface area contributed by atoms with Gasteiger partial charge in [-0.25, -0.2) is 9.59 Å². The van der Waals surface area contributed by atoms with Gasteiger partial charge in [0.15, 0.2) is 34.5 Å². The Morgan fingerprint density at radius 3 is 1.04 bits per heavy atom. The Labute approximate surface area is 595 Å². The molecule has 4 aliphatic heterocycles. The van der Waals surface area contributed by atoms with Crippen LogP contribution in [0.5, 0.6) is 0 Å². The molecule has 570 valence electrons. The van der Waals surface area contributed by atoms with E-state index in [1.54, 1.807) is 20.3 Å². The number of H-pyrrole nitrogens is 4. The number of hydrogen-bond acceptors (Lipinski definition) is 26. The zero-order chi connectivity index (χ0) is 76.1. The van der Waals surface area contributed by atoms with Gasteiger partial charge in [-0.15, -0.1) is 52.7 Å². The standard InChI is InChI=1S/C17H27N2O7P.C16H25N2O6PS.C15H26N3O5P.C15H26N3O4PS/c1-24-12(20)8-10-9-19(17(23)18-15(10)22)16-14(25-2)13(21)11(26-16)6-7-27(3,4)5;1-23-11(19)7-9-8-18(16(26)17-14(9)22)15-13(21)12(20)10(24-15)5-6-25(2,3)4;1-16-7-9-8-18(15(22)17-13(9)21)14-12(20)11(19)10(23-14)5-6-24(2,3)4;1-16-7-9-8-18(15(24)17-13(9)21)14-12(20)11(19)10(22-14)5-6-23(2,3)4/h9,11,13-14,16,21H,3,6-8H2,1-2,4-5H3,(H,18,22,23);8,10,12-13,15,20-21H,2,5-7H2,1,3-4H3,(H,17,22,26);8,10-12,14,16,19-20H,2,5-7H2,1,3-4H3,(H,17,21,22);8,10-12,14,16,19-20H,2,5-7H2,1,3-4H3,(H,17,21,24)/t11-,13-,14-,16-;10-,12-,13-,15-;2*10-,11-,12-,14-/m1111/s1. The molecule has 101 heavy (non-hydrogen) atoms. The largest absolute Gasteiger partial charge is 0.469 e. The van der Waals surface area contributed by atoms with Crippen LogP contribution in [0.4, 0.5) is 0 Å². The van der Waals surface area contributed by atoms with Crippen LogP contribution < -0.4 is 44.3 Å². The first kappa shape index (κ1) is 86.8. The highest BCUT2D eigenvalue weighted by Gasteiger charge is 2.48. The number of rotatable bonds is 25. The molecular weight excluding hydrogens is 1440 g/mol. The van der Waals surface area contributed by atoms with E-state index in [2.05, 4.69) is 119 Å². The molecule has 13 N–H and O–H groups in total. The number of carbonyl (C=O) groups excluding carboxylic acids is 2. The Balaban J connectivity index is 0.000000243. The lowest BCUT2D eigenvalue weighted by Crippen LogP contribution is -2.40. The fraction of sp³-hybridized carbons (Fsp3) is 0.651. The maximum absolute atomic E-state index is 12.3. The number of nitrogens with one attached hydrogen (secondary N) is 6. The van der Waals surface area contributed by atoms with Gasteiger partial charge in [-0.05, 0) is 142 Å². The van der Waals surface area contributed by atoms with Gasteiger partial charge < -0.3 is 79.5 Å². The number of esters is 2. The molecule has 0 aromatic carbocycles. The smallest absolute Gasteiger partial charge is 0.330 e. The van der Waals surface area contributed by atoms with Crippen LogP contribution in [0.2, 0.25) is 0 Å². The van der Waals surface area contributed by atoms with Gasteiger partial charge in [-0.2, -0.15) is 0 Å². The molecular formula is C63H104N10O22P4S2. The van der Waals surface area contributed by atoms with Gasteiger partial charge in [0.05, 0.1) is 51.5 Å². The molecule has 4 aliphatic rings. The second-order valence-corrected chi connectivity index (χ2v) is 46.1. The van der Waals surface area contributed by atoms with E-state index in [4.69, 9.17) is 48.1 Å². The zero-order valence-corrected chi connectivity index (χ0v) is 64.7. The van der Waals surface area contributed by atoms with Crippen molar-refractivity contribution < 1.29 is 78.5 Å². The maximum atomic E-state index is 12.3. The second-order valence-electron chi connectivity index (χ2n) is 28.0. The molecule has 0 spiro atoms. The summed E-state index contributed by atoms with van der Waals surface area (Å²) < 4.78 is 43.1. The van der Waals surface area contributed by atoms with E-state index < -0.39 is 166 Å². The summed E-state index contributed by atoms with van der Waals surface area (Å²) in [5.74, 6) is -1.19. The van der Waals surface area contributed by atoms with Crippen molar-refractivity contribution >= 4 is 89.1 Å². The van der Waals surface area contributed by atoms with E-state index in [-0.39, 0.29) is 45.6 Å². The lowest BCUT2D eigenvalue weighted by molar-refractivity contribution is -0.140. The van der Waals surface area contributed by atoms with Crippen molar-refractivity contribution in [2.24, 2.45) is 0 Å². The maximum Gasteiger partial charge on any atom is 0.330 e. The second kappa shape index (κ2) is 37.4. The Bertz CT molecular complexity index is 4080. The molecule has 16 atom stereocenters. The Hall–Kier alpha value is -4.86. The zero-order valence-electron chi connectivity index (χ0n) is 59.5. The van der Waals surface area contributed by atoms with Gasteiger partial charge in [-0.1, -0.05) is 0 Å². The van der Waals surface area contributed by atoms with Crippen LogP contribution in [0.15, 0.2) is 53.6 Å². The molecule has 0 saturated carbocycles. The van der Waals surface area contributed by atoms with Gasteiger partial charge in [-0.3, -0.25) is 67.0 Å². The van der Waals surface area contributed by atoms with E-state index in [0.717, 1.165) is 33.8 Å². The first-order valence-corrected chi connectivity index (χ1v) is 45.3. The topological polar surface area (TPSA) is 450 Å². The van der Waals surface area contributed by atoms with Crippen molar-refractivity contribution in [3.63, 3.8) is 0 Å². The van der Waals surface area contributed by atoms with Gasteiger partial charge in [0.25, 0.3) is 22.2 Å². The first-order valence-electron chi connectivity index (χ1n) is 32.3. The third-order valence-electron chi connectivity index (χ3n) is 16.8. The average molecular weight is 1540 g/mol. The summed E-state index contributed by atoms with van der Waals surface area (Å²) in [5, 5.41) is 78.2. The quantitative estimate of drug-likeness (QED) is 0.0221. The number of methoxy groups -OCH3 is 3. The van der Waals surface area contributed by atoms with Gasteiger partial charge in [0.2, 0.25) is 0 Å². The summed E-state index contributed by atoms with van der Waals surface area (Å²) in [6.45, 7) is 12.2. The van der Waals surface area contributed by atoms with E-state index in [9.17, 15) is 74.1 Å². The summed E-state index contributed by atoms with van der Waals surface area (Å²) in [5.41, 5.74) is -2.33. The first-order chi connectivity index (χ1) is 46.9. The Kier molecular flexibility index (Phi) is 32.1. The summed E-state index contributed by atoms with van der Waals surface area (Å²) >= 11 is 10.3. The fourth-order valence-electron chi connectivity index (χ4n) is 11.1. The summed E-state index contributed by atoms with van der Waals surface area (Å²) in [6, 6.07) is 0. The van der Waals surface area contributed by atoms with Crippen LogP contribution in [0.3, 0.4) is 0 Å². The molecule has 32 nitrogen and oxygen atoms in total. The number of aromatic amines is 4. The highest BCUT2D eigenvalue weighted by Crippen LogP contribution is 2.43. The fourth-order valence-corrected chi connectivity index (χ4v) is 15.5. The van der Waals surface area contributed by atoms with E-state index in [0.29, 0.717) is 43.4 Å². The van der Waals surface area contributed by atoms with Gasteiger partial charge in [0.1, 0.15) is 48.8 Å². The Morgan fingerprint density at radius 1 is 0.446 bits per heavy atom. The van der Waals surface area contributed by atoms with Crippen LogP contribution in [0, 0.1) is 9.54 Å². The molecule has 4 aromatic rings. The molecule has 8 rings (SSSR count). The molecule has 4 saturated heterocycles. The van der Waals surface area contributed by atoms with Crippen molar-refractivity contribution in [2.45, 2.75) is 150 Å². The molecule has 0 unspecified atom stereocenters. The number of aromatic nitrogens is 8. The van der Waals surface area contributed by atoms with Crippen molar-refractivity contribution in [1.29, 1.82) is 0 Å². The number of nitrogens with zero attached hydrogens (tertiary/aromatic N) is 4. The van der Waals surface area contributed by atoms with Crippen LogP contribution in [0.25, 0.3) is 0 Å². The molecule has 4 aromatic heterocycles. The molecule has 8 heterocycles. The highest BCUT2D eigenvalue weighted by molar-refractivity contribution is 7.73. The average Bonchev–Trinajstić information content (AvgIpc) is 1.70. The van der Waals surface area contributed by atoms with Gasteiger partial charge >= 0.3 is 23.3 Å². The number of aliphatic hydroxyl groups is 7. The third-order valence-corrected chi connectivity index (χ3v) is 23.3. The van der Waals surface area contributed by atoms with E-state index >= 15 is 0 Å². The van der Waals surface area contributed by atoms with Gasteiger partial charge in [0, 0.05) is 67.2 Å². The van der Waals surface area contributed by atoms with E-state index in [1.807, 2.05) is 0 Å². The molecule has 0 amide bonds. The molecule has 38 heteroatoms. The van der Waals surface area contributed by atoms with Crippen LogP contribution in [-0.4, -0.2) is 298 Å². The monoisotopic (exact) mass is 1540 g/mol. The van der Waals surface area contributed by atoms with Crippen molar-refractivity contribution in [1.82, 2.24) is 48.8 Å².